The molecule has 19 heavy (non-hydrogen) atoms. The SMILES string of the molecule is NC(=O)C1CCCN(C(=O)c2cc(F)ccc2O)C1. The van der Waals surface area contributed by atoms with Gasteiger partial charge in [-0.2, -0.15) is 0 Å². The summed E-state index contributed by atoms with van der Waals surface area (Å²) in [4.78, 5) is 24.8. The molecule has 102 valence electrons. The standard InChI is InChI=1S/C13H15FN2O3/c14-9-3-4-11(17)10(6-9)13(19)16-5-1-2-8(7-16)12(15)18/h3-4,6,8,17H,1-2,5,7H2,(H2,15,18). The minimum atomic E-state index is -0.593. The summed E-state index contributed by atoms with van der Waals surface area (Å²) in [5, 5.41) is 9.61. The molecule has 2 rings (SSSR count). The van der Waals surface area contributed by atoms with Crippen LogP contribution in [0, 0.1) is 11.7 Å². The Morgan fingerprint density at radius 2 is 2.16 bits per heavy atom. The van der Waals surface area contributed by atoms with Crippen LogP contribution in [0.4, 0.5) is 4.39 Å². The van der Waals surface area contributed by atoms with E-state index in [0.29, 0.717) is 19.4 Å². The zero-order valence-electron chi connectivity index (χ0n) is 10.3. The number of phenolic OH excluding ortho intramolecular Hbond substituents is 1. The van der Waals surface area contributed by atoms with Gasteiger partial charge < -0.3 is 15.7 Å². The van der Waals surface area contributed by atoms with Gasteiger partial charge in [-0.1, -0.05) is 0 Å². The fraction of sp³-hybridized carbons (Fsp3) is 0.385. The number of halogens is 1. The maximum absolute atomic E-state index is 13.1. The Morgan fingerprint density at radius 3 is 2.84 bits per heavy atom. The van der Waals surface area contributed by atoms with Crippen molar-refractivity contribution in [3.8, 4) is 5.75 Å². The van der Waals surface area contributed by atoms with Gasteiger partial charge in [0.1, 0.15) is 11.6 Å². The third-order valence-corrected chi connectivity index (χ3v) is 3.30. The van der Waals surface area contributed by atoms with Crippen LogP contribution in [0.5, 0.6) is 5.75 Å². The molecule has 1 fully saturated rings. The van der Waals surface area contributed by atoms with E-state index >= 15 is 0 Å². The molecule has 1 aromatic rings. The van der Waals surface area contributed by atoms with Gasteiger partial charge in [0.25, 0.3) is 5.91 Å². The van der Waals surface area contributed by atoms with Crippen molar-refractivity contribution in [2.24, 2.45) is 11.7 Å². The van der Waals surface area contributed by atoms with Crippen LogP contribution < -0.4 is 5.73 Å². The molecule has 0 aliphatic carbocycles. The monoisotopic (exact) mass is 266 g/mol. The predicted molar refractivity (Wildman–Crippen MR) is 65.9 cm³/mol. The maximum Gasteiger partial charge on any atom is 0.257 e. The topological polar surface area (TPSA) is 83.6 Å². The molecule has 0 radical (unpaired) electrons. The molecule has 1 aromatic carbocycles. The number of hydrogen-bond acceptors (Lipinski definition) is 3. The van der Waals surface area contributed by atoms with Crippen LogP contribution in [0.25, 0.3) is 0 Å². The Hall–Kier alpha value is -2.11. The number of likely N-dealkylation sites (tertiary alicyclic amines) is 1. The zero-order valence-corrected chi connectivity index (χ0v) is 10.3. The number of piperidine rings is 1. The summed E-state index contributed by atoms with van der Waals surface area (Å²) in [6.45, 7) is 0.683. The lowest BCUT2D eigenvalue weighted by Crippen LogP contribution is -2.44. The van der Waals surface area contributed by atoms with Gasteiger partial charge in [0.05, 0.1) is 11.5 Å². The van der Waals surface area contributed by atoms with Gasteiger partial charge >= 0.3 is 0 Å². The molecule has 6 heteroatoms. The number of hydrogen-bond donors (Lipinski definition) is 2. The van der Waals surface area contributed by atoms with E-state index in [0.717, 1.165) is 18.2 Å². The van der Waals surface area contributed by atoms with E-state index < -0.39 is 17.6 Å². The first kappa shape index (κ1) is 13.3. The fourth-order valence-electron chi connectivity index (χ4n) is 2.24. The van der Waals surface area contributed by atoms with Gasteiger partial charge in [0.2, 0.25) is 5.91 Å². The van der Waals surface area contributed by atoms with Gasteiger partial charge in [0, 0.05) is 13.1 Å². The van der Waals surface area contributed by atoms with Gasteiger partial charge in [-0.3, -0.25) is 9.59 Å². The van der Waals surface area contributed by atoms with E-state index in [1.165, 1.54) is 4.90 Å². The number of primary amides is 1. The summed E-state index contributed by atoms with van der Waals surface area (Å²) in [6.07, 6.45) is 1.31. The molecule has 1 unspecified atom stereocenters. The van der Waals surface area contributed by atoms with Crippen LogP contribution in [-0.2, 0) is 4.79 Å². The van der Waals surface area contributed by atoms with Crippen molar-refractivity contribution in [3.05, 3.63) is 29.6 Å². The molecule has 1 atom stereocenters. The van der Waals surface area contributed by atoms with Crippen molar-refractivity contribution in [3.63, 3.8) is 0 Å². The largest absolute Gasteiger partial charge is 0.507 e. The molecule has 0 spiro atoms. The lowest BCUT2D eigenvalue weighted by Gasteiger charge is -2.31. The van der Waals surface area contributed by atoms with Gasteiger partial charge in [-0.15, -0.1) is 0 Å². The summed E-state index contributed by atoms with van der Waals surface area (Å²) >= 11 is 0. The fourth-order valence-corrected chi connectivity index (χ4v) is 2.24. The van der Waals surface area contributed by atoms with Gasteiger partial charge in [-0.05, 0) is 31.0 Å². The second kappa shape index (κ2) is 5.26. The minimum absolute atomic E-state index is 0.0925. The first-order valence-electron chi connectivity index (χ1n) is 6.06. The number of nitrogens with zero attached hydrogens (tertiary/aromatic N) is 1. The summed E-state index contributed by atoms with van der Waals surface area (Å²) in [6, 6.07) is 3.21. The summed E-state index contributed by atoms with van der Waals surface area (Å²) < 4.78 is 13.1. The lowest BCUT2D eigenvalue weighted by atomic mass is 9.97. The van der Waals surface area contributed by atoms with Crippen LogP contribution in [0.2, 0.25) is 0 Å². The van der Waals surface area contributed by atoms with E-state index in [-0.39, 0.29) is 23.8 Å². The van der Waals surface area contributed by atoms with Crippen molar-refractivity contribution in [2.75, 3.05) is 13.1 Å². The van der Waals surface area contributed by atoms with Crippen molar-refractivity contribution in [1.29, 1.82) is 0 Å². The van der Waals surface area contributed by atoms with Crippen molar-refractivity contribution >= 4 is 11.8 Å². The average molecular weight is 266 g/mol. The molecule has 5 nitrogen and oxygen atoms in total. The van der Waals surface area contributed by atoms with E-state index in [2.05, 4.69) is 0 Å². The van der Waals surface area contributed by atoms with Crippen molar-refractivity contribution in [1.82, 2.24) is 4.90 Å². The number of carbonyl (C=O) groups excluding carboxylic acids is 2. The number of rotatable bonds is 2. The molecular formula is C13H15FN2O3. The number of benzene rings is 1. The van der Waals surface area contributed by atoms with E-state index in [9.17, 15) is 19.1 Å². The highest BCUT2D eigenvalue weighted by Gasteiger charge is 2.28. The number of phenols is 1. The average Bonchev–Trinajstić information content (AvgIpc) is 2.41. The van der Waals surface area contributed by atoms with Crippen LogP contribution >= 0.6 is 0 Å². The first-order chi connectivity index (χ1) is 8.99. The number of amides is 2. The highest BCUT2D eigenvalue weighted by atomic mass is 19.1. The first-order valence-corrected chi connectivity index (χ1v) is 6.06. The molecule has 1 heterocycles. The van der Waals surface area contributed by atoms with Crippen LogP contribution in [0.3, 0.4) is 0 Å². The Kier molecular flexibility index (Phi) is 3.69. The third kappa shape index (κ3) is 2.83. The molecule has 0 aromatic heterocycles. The Labute approximate surface area is 109 Å². The molecule has 1 aliphatic rings. The van der Waals surface area contributed by atoms with E-state index in [1.807, 2.05) is 0 Å². The van der Waals surface area contributed by atoms with Crippen LogP contribution in [0.1, 0.15) is 23.2 Å². The molecule has 1 aliphatic heterocycles. The van der Waals surface area contributed by atoms with Crippen molar-refractivity contribution in [2.45, 2.75) is 12.8 Å². The lowest BCUT2D eigenvalue weighted by molar-refractivity contribution is -0.123. The predicted octanol–water partition coefficient (Wildman–Crippen LogP) is 0.869. The highest BCUT2D eigenvalue weighted by Crippen LogP contribution is 2.23. The second-order valence-corrected chi connectivity index (χ2v) is 4.65. The summed E-state index contributed by atoms with van der Waals surface area (Å²) in [5.74, 6) is -2.17. The second-order valence-electron chi connectivity index (χ2n) is 4.65. The normalized spacial score (nSPS) is 19.2. The molecule has 0 saturated carbocycles. The number of carbonyl (C=O) groups is 2. The number of nitrogens with two attached hydrogens (primary N) is 1. The van der Waals surface area contributed by atoms with Crippen LogP contribution in [-0.4, -0.2) is 34.9 Å². The van der Waals surface area contributed by atoms with Gasteiger partial charge in [-0.25, -0.2) is 4.39 Å². The summed E-state index contributed by atoms with van der Waals surface area (Å²) in [5.41, 5.74) is 5.14. The Bertz CT molecular complexity index is 519. The molecule has 2 amide bonds. The highest BCUT2D eigenvalue weighted by molar-refractivity contribution is 5.97. The molecule has 1 saturated heterocycles. The quantitative estimate of drug-likeness (QED) is 0.833. The smallest absolute Gasteiger partial charge is 0.257 e. The Morgan fingerprint density at radius 1 is 1.42 bits per heavy atom. The van der Waals surface area contributed by atoms with Crippen molar-refractivity contribution < 1.29 is 19.1 Å². The zero-order chi connectivity index (χ0) is 14.0. The molecular weight excluding hydrogens is 251 g/mol. The third-order valence-electron chi connectivity index (χ3n) is 3.30. The van der Waals surface area contributed by atoms with Gasteiger partial charge in [0.15, 0.2) is 0 Å². The summed E-state index contributed by atoms with van der Waals surface area (Å²) in [7, 11) is 0. The Balaban J connectivity index is 2.19. The molecule has 0 bridgehead atoms. The minimum Gasteiger partial charge on any atom is -0.507 e. The van der Waals surface area contributed by atoms with Crippen LogP contribution in [0.15, 0.2) is 18.2 Å². The maximum atomic E-state index is 13.1. The molecule has 3 N–H and O–H groups in total. The van der Waals surface area contributed by atoms with E-state index in [4.69, 9.17) is 5.73 Å². The number of aromatic hydroxyl groups is 1. The van der Waals surface area contributed by atoms with E-state index in [1.54, 1.807) is 0 Å².